The molecule has 0 aromatic carbocycles. The van der Waals surface area contributed by atoms with Gasteiger partial charge in [-0.15, -0.1) is 0 Å². The van der Waals surface area contributed by atoms with E-state index in [0.29, 0.717) is 12.2 Å². The number of nitrogens with two attached hydrogens (primary N) is 1. The molecule has 0 fully saturated rings. The summed E-state index contributed by atoms with van der Waals surface area (Å²) in [6.07, 6.45) is 2.18. The van der Waals surface area contributed by atoms with Crippen LogP contribution in [0.25, 0.3) is 0 Å². The number of nitrogens with one attached hydrogen (secondary N) is 2. The molecule has 0 aliphatic heterocycles. The van der Waals surface area contributed by atoms with E-state index < -0.39 is 36.5 Å². The number of aliphatic hydroxyl groups excluding tert-OH is 1. The predicted octanol–water partition coefficient (Wildman–Crippen LogP) is -2.26. The molecular formula is C10H19N3O5S. The van der Waals surface area contributed by atoms with Crippen molar-refractivity contribution in [2.75, 3.05) is 25.2 Å². The minimum absolute atomic E-state index is 0.259. The number of thioether (sulfide) groups is 1. The topological polar surface area (TPSA) is 142 Å². The van der Waals surface area contributed by atoms with Gasteiger partial charge in [-0.1, -0.05) is 0 Å². The lowest BCUT2D eigenvalue weighted by Crippen LogP contribution is -2.53. The second-order valence-corrected chi connectivity index (χ2v) is 4.67. The quantitative estimate of drug-likeness (QED) is 0.323. The lowest BCUT2D eigenvalue weighted by atomic mass is 10.2. The first-order valence-electron chi connectivity index (χ1n) is 5.58. The van der Waals surface area contributed by atoms with Crippen LogP contribution in [0.2, 0.25) is 0 Å². The Hall–Kier alpha value is -1.32. The molecule has 0 rings (SSSR count). The normalized spacial score (nSPS) is 13.4. The first-order valence-corrected chi connectivity index (χ1v) is 6.98. The molecule has 0 aromatic heterocycles. The smallest absolute Gasteiger partial charge is 0.328 e. The molecule has 0 saturated heterocycles. The number of amides is 2. The van der Waals surface area contributed by atoms with Gasteiger partial charge in [0.05, 0.1) is 13.2 Å². The fourth-order valence-electron chi connectivity index (χ4n) is 1.22. The van der Waals surface area contributed by atoms with Gasteiger partial charge in [-0.05, 0) is 18.4 Å². The van der Waals surface area contributed by atoms with Crippen molar-refractivity contribution in [2.45, 2.75) is 18.5 Å². The second kappa shape index (κ2) is 9.59. The van der Waals surface area contributed by atoms with Gasteiger partial charge in [0.1, 0.15) is 12.1 Å². The van der Waals surface area contributed by atoms with Crippen molar-refractivity contribution < 1.29 is 24.6 Å². The van der Waals surface area contributed by atoms with Crippen molar-refractivity contribution in [3.63, 3.8) is 0 Å². The lowest BCUT2D eigenvalue weighted by Gasteiger charge is -2.20. The van der Waals surface area contributed by atoms with Crippen LogP contribution in [0.15, 0.2) is 0 Å². The fraction of sp³-hybridized carbons (Fsp3) is 0.700. The summed E-state index contributed by atoms with van der Waals surface area (Å²) in [7, 11) is 0. The molecule has 110 valence electrons. The number of carboxylic acid groups (broad SMARTS) is 1. The van der Waals surface area contributed by atoms with Crippen molar-refractivity contribution >= 4 is 29.5 Å². The molecule has 2 atom stereocenters. The Bertz CT molecular complexity index is 326. The summed E-state index contributed by atoms with van der Waals surface area (Å²) in [6, 6.07) is -2.25. The third kappa shape index (κ3) is 6.99. The van der Waals surface area contributed by atoms with Crippen LogP contribution in [0, 0.1) is 0 Å². The van der Waals surface area contributed by atoms with Gasteiger partial charge >= 0.3 is 5.97 Å². The van der Waals surface area contributed by atoms with Crippen molar-refractivity contribution in [1.82, 2.24) is 10.6 Å². The highest BCUT2D eigenvalue weighted by atomic mass is 32.2. The van der Waals surface area contributed by atoms with E-state index in [1.165, 1.54) is 11.8 Å². The summed E-state index contributed by atoms with van der Waals surface area (Å²) >= 11 is 1.48. The third-order valence-electron chi connectivity index (χ3n) is 2.24. The minimum Gasteiger partial charge on any atom is -0.480 e. The van der Waals surface area contributed by atoms with Crippen LogP contribution < -0.4 is 16.4 Å². The zero-order valence-corrected chi connectivity index (χ0v) is 11.4. The number of rotatable bonds is 9. The lowest BCUT2D eigenvalue weighted by molar-refractivity contribution is -0.143. The molecule has 0 bridgehead atoms. The Labute approximate surface area is 115 Å². The highest BCUT2D eigenvalue weighted by Crippen LogP contribution is 2.01. The highest BCUT2D eigenvalue weighted by molar-refractivity contribution is 7.98. The van der Waals surface area contributed by atoms with Crippen LogP contribution in [0.3, 0.4) is 0 Å². The largest absolute Gasteiger partial charge is 0.480 e. The molecule has 19 heavy (non-hydrogen) atoms. The molecule has 0 saturated carbocycles. The minimum atomic E-state index is -1.39. The van der Waals surface area contributed by atoms with E-state index in [-0.39, 0.29) is 6.54 Å². The van der Waals surface area contributed by atoms with Crippen LogP contribution >= 0.6 is 11.8 Å². The summed E-state index contributed by atoms with van der Waals surface area (Å²) in [5.41, 5.74) is 5.14. The number of aliphatic carboxylic acids is 1. The van der Waals surface area contributed by atoms with Crippen molar-refractivity contribution in [1.29, 1.82) is 0 Å². The SMILES string of the molecule is CSCCC(NC(=O)CN)C(=O)NC(CO)C(=O)O. The van der Waals surface area contributed by atoms with Gasteiger partial charge in [0, 0.05) is 0 Å². The molecule has 6 N–H and O–H groups in total. The standard InChI is InChI=1S/C10H19N3O5S/c1-19-3-2-6(12-8(15)4-11)9(16)13-7(5-14)10(17)18/h6-7,14H,2-5,11H2,1H3,(H,12,15)(H,13,16)(H,17,18). The Kier molecular flexibility index (Phi) is 8.92. The molecule has 0 aliphatic rings. The molecule has 0 heterocycles. The van der Waals surface area contributed by atoms with Crippen molar-refractivity contribution in [3.8, 4) is 0 Å². The van der Waals surface area contributed by atoms with E-state index in [0.717, 1.165) is 0 Å². The molecule has 0 aliphatic carbocycles. The molecule has 0 aromatic rings. The maximum Gasteiger partial charge on any atom is 0.328 e. The van der Waals surface area contributed by atoms with Gasteiger partial charge in [0.2, 0.25) is 11.8 Å². The van der Waals surface area contributed by atoms with E-state index in [2.05, 4.69) is 10.6 Å². The predicted molar refractivity (Wildman–Crippen MR) is 70.6 cm³/mol. The number of carboxylic acids is 1. The number of hydrogen-bond acceptors (Lipinski definition) is 6. The average molecular weight is 293 g/mol. The van der Waals surface area contributed by atoms with E-state index >= 15 is 0 Å². The van der Waals surface area contributed by atoms with Gasteiger partial charge in [-0.3, -0.25) is 9.59 Å². The summed E-state index contributed by atoms with van der Waals surface area (Å²) < 4.78 is 0. The number of carbonyl (C=O) groups is 3. The maximum atomic E-state index is 11.8. The molecule has 2 unspecified atom stereocenters. The monoisotopic (exact) mass is 293 g/mol. The molecule has 0 radical (unpaired) electrons. The fourth-order valence-corrected chi connectivity index (χ4v) is 1.69. The highest BCUT2D eigenvalue weighted by Gasteiger charge is 2.25. The third-order valence-corrected chi connectivity index (χ3v) is 2.89. The summed E-state index contributed by atoms with van der Waals surface area (Å²) in [5.74, 6) is -1.89. The number of aliphatic hydroxyl groups is 1. The zero-order valence-electron chi connectivity index (χ0n) is 10.6. The molecule has 0 spiro atoms. The number of carbonyl (C=O) groups excluding carboxylic acids is 2. The van der Waals surface area contributed by atoms with Crippen molar-refractivity contribution in [3.05, 3.63) is 0 Å². The van der Waals surface area contributed by atoms with Gasteiger partial charge in [0.25, 0.3) is 0 Å². The maximum absolute atomic E-state index is 11.8. The van der Waals surface area contributed by atoms with E-state index in [1.54, 1.807) is 0 Å². The number of hydrogen-bond donors (Lipinski definition) is 5. The van der Waals surface area contributed by atoms with Crippen LogP contribution in [-0.2, 0) is 14.4 Å². The zero-order chi connectivity index (χ0) is 14.8. The Morgan fingerprint density at radius 3 is 2.32 bits per heavy atom. The van der Waals surface area contributed by atoms with E-state index in [4.69, 9.17) is 15.9 Å². The average Bonchev–Trinajstić information content (AvgIpc) is 2.39. The summed E-state index contributed by atoms with van der Waals surface area (Å²) in [4.78, 5) is 33.7. The first kappa shape index (κ1) is 17.7. The molecule has 9 heteroatoms. The molecule has 2 amide bonds. The molecule has 8 nitrogen and oxygen atoms in total. The van der Waals surface area contributed by atoms with Gasteiger partial charge in [0.15, 0.2) is 0 Å². The first-order chi connectivity index (χ1) is 8.96. The summed E-state index contributed by atoms with van der Waals surface area (Å²) in [6.45, 7) is -0.980. The van der Waals surface area contributed by atoms with Crippen LogP contribution in [0.5, 0.6) is 0 Å². The van der Waals surface area contributed by atoms with Crippen LogP contribution in [0.4, 0.5) is 0 Å². The van der Waals surface area contributed by atoms with E-state index in [1.807, 2.05) is 6.26 Å². The van der Waals surface area contributed by atoms with Gasteiger partial charge in [-0.25, -0.2) is 4.79 Å². The van der Waals surface area contributed by atoms with E-state index in [9.17, 15) is 14.4 Å². The Morgan fingerprint density at radius 2 is 1.89 bits per heavy atom. The molecular weight excluding hydrogens is 274 g/mol. The Balaban J connectivity index is 4.59. The second-order valence-electron chi connectivity index (χ2n) is 3.69. The van der Waals surface area contributed by atoms with Gasteiger partial charge < -0.3 is 26.6 Å². The van der Waals surface area contributed by atoms with Crippen molar-refractivity contribution in [2.24, 2.45) is 5.73 Å². The van der Waals surface area contributed by atoms with Crippen LogP contribution in [0.1, 0.15) is 6.42 Å². The van der Waals surface area contributed by atoms with Crippen LogP contribution in [-0.4, -0.2) is 65.2 Å². The Morgan fingerprint density at radius 1 is 1.26 bits per heavy atom. The van der Waals surface area contributed by atoms with Gasteiger partial charge in [-0.2, -0.15) is 11.8 Å². The summed E-state index contributed by atoms with van der Waals surface area (Å²) in [5, 5.41) is 22.1.